The first kappa shape index (κ1) is 15.0. The molecule has 2 fully saturated rings. The number of nitrogens with one attached hydrogen (secondary N) is 1. The summed E-state index contributed by atoms with van der Waals surface area (Å²) in [5.74, 6) is 0.857. The van der Waals surface area contributed by atoms with Crippen LogP contribution in [0.2, 0.25) is 0 Å². The fraction of sp³-hybridized carbons (Fsp3) is 0.722. The van der Waals surface area contributed by atoms with Gasteiger partial charge in [0.05, 0.1) is 12.7 Å². The van der Waals surface area contributed by atoms with Crippen molar-refractivity contribution >= 4 is 0 Å². The molecule has 116 valence electrons. The van der Waals surface area contributed by atoms with Crippen LogP contribution in [0, 0.1) is 16.7 Å². The summed E-state index contributed by atoms with van der Waals surface area (Å²) in [6.07, 6.45) is 8.15. The van der Waals surface area contributed by atoms with Gasteiger partial charge >= 0.3 is 0 Å². The Morgan fingerprint density at radius 3 is 2.86 bits per heavy atom. The highest BCUT2D eigenvalue weighted by atomic mass is 16.5. The molecule has 3 heteroatoms. The average molecular weight is 288 g/mol. The second-order valence-corrected chi connectivity index (χ2v) is 7.51. The second-order valence-electron chi connectivity index (χ2n) is 7.51. The van der Waals surface area contributed by atoms with Gasteiger partial charge in [-0.05, 0) is 47.6 Å². The van der Waals surface area contributed by atoms with Gasteiger partial charge < -0.3 is 10.1 Å². The molecule has 1 aromatic heterocycles. The number of aromatic nitrogens is 1. The van der Waals surface area contributed by atoms with Gasteiger partial charge in [0.25, 0.3) is 0 Å². The molecule has 3 rings (SSSR count). The fourth-order valence-corrected chi connectivity index (χ4v) is 4.39. The van der Waals surface area contributed by atoms with E-state index in [0.29, 0.717) is 16.9 Å². The molecule has 0 saturated heterocycles. The van der Waals surface area contributed by atoms with Gasteiger partial charge in [-0.25, -0.2) is 0 Å². The van der Waals surface area contributed by atoms with Crippen LogP contribution in [0.15, 0.2) is 24.5 Å². The first-order valence-electron chi connectivity index (χ1n) is 8.25. The van der Waals surface area contributed by atoms with E-state index in [2.05, 4.69) is 37.1 Å². The van der Waals surface area contributed by atoms with Gasteiger partial charge in [-0.15, -0.1) is 0 Å². The van der Waals surface area contributed by atoms with Crippen LogP contribution >= 0.6 is 0 Å². The van der Waals surface area contributed by atoms with Crippen LogP contribution < -0.4 is 5.32 Å². The number of rotatable bonds is 6. The Hall–Kier alpha value is -0.930. The third-order valence-corrected chi connectivity index (χ3v) is 6.36. The summed E-state index contributed by atoms with van der Waals surface area (Å²) in [6, 6.07) is 4.08. The van der Waals surface area contributed by atoms with Crippen LogP contribution in [0.5, 0.6) is 0 Å². The quantitative estimate of drug-likeness (QED) is 0.815. The Bertz CT molecular complexity index is 473. The van der Waals surface area contributed by atoms with Crippen molar-refractivity contribution < 1.29 is 4.74 Å². The number of nitrogens with zero attached hydrogens (tertiary/aromatic N) is 1. The van der Waals surface area contributed by atoms with E-state index in [4.69, 9.17) is 4.74 Å². The molecule has 3 atom stereocenters. The molecule has 2 bridgehead atoms. The highest BCUT2D eigenvalue weighted by molar-refractivity contribution is 5.11. The first-order chi connectivity index (χ1) is 10.0. The third kappa shape index (κ3) is 2.62. The van der Waals surface area contributed by atoms with Crippen molar-refractivity contribution in [1.82, 2.24) is 10.3 Å². The predicted octanol–water partition coefficient (Wildman–Crippen LogP) is 3.40. The Labute approximate surface area is 128 Å². The monoisotopic (exact) mass is 288 g/mol. The highest BCUT2D eigenvalue weighted by Crippen LogP contribution is 2.66. The van der Waals surface area contributed by atoms with Crippen molar-refractivity contribution in [2.24, 2.45) is 16.7 Å². The molecule has 1 heterocycles. The van der Waals surface area contributed by atoms with Gasteiger partial charge in [-0.1, -0.05) is 26.8 Å². The summed E-state index contributed by atoms with van der Waals surface area (Å²) in [5, 5.41) is 3.44. The van der Waals surface area contributed by atoms with E-state index in [1.807, 2.05) is 18.5 Å². The third-order valence-electron chi connectivity index (χ3n) is 6.36. The van der Waals surface area contributed by atoms with Gasteiger partial charge in [-0.2, -0.15) is 0 Å². The predicted molar refractivity (Wildman–Crippen MR) is 84.9 cm³/mol. The van der Waals surface area contributed by atoms with Crippen LogP contribution in [0.1, 0.15) is 45.6 Å². The van der Waals surface area contributed by atoms with Crippen molar-refractivity contribution in [3.05, 3.63) is 30.1 Å². The van der Waals surface area contributed by atoms with Crippen LogP contribution in [-0.2, 0) is 11.3 Å². The van der Waals surface area contributed by atoms with E-state index in [-0.39, 0.29) is 0 Å². The molecule has 2 saturated carbocycles. The van der Waals surface area contributed by atoms with Crippen LogP contribution in [0.4, 0.5) is 0 Å². The summed E-state index contributed by atoms with van der Waals surface area (Å²) in [6.45, 7) is 9.90. The molecule has 2 aliphatic carbocycles. The maximum Gasteiger partial charge on any atom is 0.0637 e. The minimum atomic E-state index is 0.376. The van der Waals surface area contributed by atoms with Crippen LogP contribution in [-0.4, -0.2) is 24.2 Å². The van der Waals surface area contributed by atoms with Crippen molar-refractivity contribution in [3.63, 3.8) is 0 Å². The van der Waals surface area contributed by atoms with Gasteiger partial charge in [0.15, 0.2) is 0 Å². The van der Waals surface area contributed by atoms with Gasteiger partial charge in [0.2, 0.25) is 0 Å². The van der Waals surface area contributed by atoms with Crippen molar-refractivity contribution in [2.75, 3.05) is 13.2 Å². The lowest BCUT2D eigenvalue weighted by molar-refractivity contribution is -0.0450. The minimum absolute atomic E-state index is 0.376. The zero-order chi connectivity index (χ0) is 14.9. The van der Waals surface area contributed by atoms with Crippen LogP contribution in [0.25, 0.3) is 0 Å². The van der Waals surface area contributed by atoms with E-state index in [0.717, 1.165) is 25.6 Å². The number of fused-ring (bicyclic) bond motifs is 2. The van der Waals surface area contributed by atoms with E-state index >= 15 is 0 Å². The zero-order valence-corrected chi connectivity index (χ0v) is 13.6. The summed E-state index contributed by atoms with van der Waals surface area (Å²) >= 11 is 0. The molecular formula is C18H28N2O. The van der Waals surface area contributed by atoms with E-state index in [1.165, 1.54) is 24.8 Å². The minimum Gasteiger partial charge on any atom is -0.376 e. The van der Waals surface area contributed by atoms with Gasteiger partial charge in [-0.3, -0.25) is 4.98 Å². The average Bonchev–Trinajstić information content (AvgIpc) is 2.81. The molecule has 0 aromatic carbocycles. The fourth-order valence-electron chi connectivity index (χ4n) is 4.39. The topological polar surface area (TPSA) is 34.1 Å². The number of pyridine rings is 1. The zero-order valence-electron chi connectivity index (χ0n) is 13.6. The molecule has 21 heavy (non-hydrogen) atoms. The Morgan fingerprint density at radius 2 is 2.24 bits per heavy atom. The molecule has 2 aliphatic rings. The molecule has 3 unspecified atom stereocenters. The summed E-state index contributed by atoms with van der Waals surface area (Å²) in [7, 11) is 0. The Morgan fingerprint density at radius 1 is 1.38 bits per heavy atom. The second kappa shape index (κ2) is 5.69. The Balaban J connectivity index is 1.41. The largest absolute Gasteiger partial charge is 0.376 e. The summed E-state index contributed by atoms with van der Waals surface area (Å²) < 4.78 is 6.24. The van der Waals surface area contributed by atoms with Gasteiger partial charge in [0, 0.05) is 25.5 Å². The molecular weight excluding hydrogens is 260 g/mol. The highest BCUT2D eigenvalue weighted by Gasteiger charge is 2.61. The molecule has 0 radical (unpaired) electrons. The van der Waals surface area contributed by atoms with Crippen molar-refractivity contribution in [2.45, 2.75) is 52.7 Å². The Kier molecular flexibility index (Phi) is 4.06. The molecule has 0 amide bonds. The lowest BCUT2D eigenvalue weighted by atomic mass is 9.70. The smallest absolute Gasteiger partial charge is 0.0637 e. The number of ether oxygens (including phenoxy) is 1. The van der Waals surface area contributed by atoms with Gasteiger partial charge in [0.1, 0.15) is 0 Å². The first-order valence-corrected chi connectivity index (χ1v) is 8.25. The SMILES string of the molecule is CC1(C)C2CCC1(C)C(OCCNCc1cccnc1)C2. The van der Waals surface area contributed by atoms with E-state index in [9.17, 15) is 0 Å². The number of hydrogen-bond acceptors (Lipinski definition) is 3. The maximum absolute atomic E-state index is 6.24. The van der Waals surface area contributed by atoms with Crippen molar-refractivity contribution in [3.8, 4) is 0 Å². The van der Waals surface area contributed by atoms with E-state index < -0.39 is 0 Å². The lowest BCUT2D eigenvalue weighted by Gasteiger charge is -2.38. The van der Waals surface area contributed by atoms with Crippen molar-refractivity contribution in [1.29, 1.82) is 0 Å². The molecule has 0 spiro atoms. The standard InChI is InChI=1S/C18H28N2O/c1-17(2)15-6-7-18(17,3)16(11-15)21-10-9-20-13-14-5-4-8-19-12-14/h4-5,8,12,15-16,20H,6-7,9-11,13H2,1-3H3. The summed E-state index contributed by atoms with van der Waals surface area (Å²) in [5.41, 5.74) is 2.05. The lowest BCUT2D eigenvalue weighted by Crippen LogP contribution is -2.38. The molecule has 0 aliphatic heterocycles. The van der Waals surface area contributed by atoms with E-state index in [1.54, 1.807) is 0 Å². The molecule has 1 N–H and O–H groups in total. The maximum atomic E-state index is 6.24. The summed E-state index contributed by atoms with van der Waals surface area (Å²) in [4.78, 5) is 4.13. The normalized spacial score (nSPS) is 33.5. The molecule has 1 aromatic rings. The molecule has 3 nitrogen and oxygen atoms in total. The van der Waals surface area contributed by atoms with Crippen LogP contribution in [0.3, 0.4) is 0 Å². The number of hydrogen-bond donors (Lipinski definition) is 1.